The van der Waals surface area contributed by atoms with E-state index in [0.29, 0.717) is 11.7 Å². The Morgan fingerprint density at radius 1 is 1.38 bits per heavy atom. The molecule has 1 nitrogen and oxygen atoms in total. The average Bonchev–Trinajstić information content (AvgIpc) is 2.16. The Hall–Kier alpha value is -0.330. The second-order valence-corrected chi connectivity index (χ2v) is 4.69. The Labute approximate surface area is 81.9 Å². The van der Waals surface area contributed by atoms with Crippen LogP contribution in [0.1, 0.15) is 52.9 Å². The van der Waals surface area contributed by atoms with E-state index in [2.05, 4.69) is 6.92 Å². The van der Waals surface area contributed by atoms with E-state index in [1.54, 1.807) is 0 Å². The molecule has 2 atom stereocenters. The van der Waals surface area contributed by atoms with Gasteiger partial charge in [0.15, 0.2) is 0 Å². The maximum atomic E-state index is 11.8. The second kappa shape index (κ2) is 4.78. The minimum Gasteiger partial charge on any atom is -0.299 e. The molecule has 76 valence electrons. The first-order chi connectivity index (χ1) is 6.15. The molecule has 0 saturated heterocycles. The first kappa shape index (κ1) is 10.7. The number of hydrogen-bond donors (Lipinski definition) is 0. The molecule has 0 spiro atoms. The molecule has 1 aliphatic carbocycles. The Morgan fingerprint density at radius 2 is 2.08 bits per heavy atom. The van der Waals surface area contributed by atoms with E-state index in [1.807, 2.05) is 13.8 Å². The van der Waals surface area contributed by atoms with Crippen LogP contribution in [0.2, 0.25) is 0 Å². The van der Waals surface area contributed by atoms with Crippen molar-refractivity contribution in [2.24, 2.45) is 17.8 Å². The van der Waals surface area contributed by atoms with E-state index in [-0.39, 0.29) is 5.92 Å². The van der Waals surface area contributed by atoms with Gasteiger partial charge in [0.2, 0.25) is 0 Å². The summed E-state index contributed by atoms with van der Waals surface area (Å²) in [5.41, 5.74) is 0. The molecule has 0 aliphatic heterocycles. The molecule has 13 heavy (non-hydrogen) atoms. The van der Waals surface area contributed by atoms with Crippen LogP contribution >= 0.6 is 0 Å². The number of Topliss-reactive ketones (excluding diaryl/α,β-unsaturated/α-hetero) is 1. The molecule has 1 aliphatic rings. The molecule has 1 saturated carbocycles. The first-order valence-corrected chi connectivity index (χ1v) is 5.68. The Bertz CT molecular complexity index is 172. The molecule has 0 N–H and O–H groups in total. The molecule has 1 fully saturated rings. The zero-order valence-electron chi connectivity index (χ0n) is 9.18. The smallest absolute Gasteiger partial charge is 0.138 e. The van der Waals surface area contributed by atoms with Gasteiger partial charge in [0.05, 0.1) is 0 Å². The highest BCUT2D eigenvalue weighted by Crippen LogP contribution is 2.32. The highest BCUT2D eigenvalue weighted by atomic mass is 16.1. The van der Waals surface area contributed by atoms with E-state index in [0.717, 1.165) is 18.8 Å². The highest BCUT2D eigenvalue weighted by Gasteiger charge is 2.27. The molecule has 0 heterocycles. The average molecular weight is 182 g/mol. The van der Waals surface area contributed by atoms with Crippen molar-refractivity contribution in [1.82, 2.24) is 0 Å². The minimum absolute atomic E-state index is 0.237. The van der Waals surface area contributed by atoms with Gasteiger partial charge in [-0.15, -0.1) is 0 Å². The van der Waals surface area contributed by atoms with Crippen LogP contribution in [0.25, 0.3) is 0 Å². The van der Waals surface area contributed by atoms with Crippen molar-refractivity contribution in [3.05, 3.63) is 0 Å². The van der Waals surface area contributed by atoms with Crippen LogP contribution in [-0.2, 0) is 4.79 Å². The lowest BCUT2D eigenvalue weighted by Crippen LogP contribution is -2.25. The van der Waals surface area contributed by atoms with E-state index in [4.69, 9.17) is 0 Å². The van der Waals surface area contributed by atoms with Crippen LogP contribution in [-0.4, -0.2) is 5.78 Å². The lowest BCUT2D eigenvalue weighted by molar-refractivity contribution is -0.127. The fourth-order valence-corrected chi connectivity index (χ4v) is 2.39. The summed E-state index contributed by atoms with van der Waals surface area (Å²) in [5, 5.41) is 0. The predicted molar refractivity (Wildman–Crippen MR) is 55.6 cm³/mol. The summed E-state index contributed by atoms with van der Waals surface area (Å²) in [6, 6.07) is 0. The summed E-state index contributed by atoms with van der Waals surface area (Å²) in [5.74, 6) is 1.94. The number of carbonyl (C=O) groups is 1. The quantitative estimate of drug-likeness (QED) is 0.653. The van der Waals surface area contributed by atoms with Crippen LogP contribution in [0.15, 0.2) is 0 Å². The van der Waals surface area contributed by atoms with Crippen molar-refractivity contribution < 1.29 is 4.79 Å². The minimum atomic E-state index is 0.237. The third kappa shape index (κ3) is 2.82. The second-order valence-electron chi connectivity index (χ2n) is 4.69. The van der Waals surface area contributed by atoms with Crippen molar-refractivity contribution >= 4 is 5.78 Å². The number of hydrogen-bond acceptors (Lipinski definition) is 1. The van der Waals surface area contributed by atoms with Crippen LogP contribution in [0, 0.1) is 17.8 Å². The van der Waals surface area contributed by atoms with Crippen molar-refractivity contribution in [3.63, 3.8) is 0 Å². The number of ketones is 1. The van der Waals surface area contributed by atoms with Gasteiger partial charge in [-0.2, -0.15) is 0 Å². The molecule has 0 bridgehead atoms. The predicted octanol–water partition coefficient (Wildman–Crippen LogP) is 3.43. The van der Waals surface area contributed by atoms with E-state index >= 15 is 0 Å². The molecular weight excluding hydrogens is 160 g/mol. The van der Waals surface area contributed by atoms with E-state index in [1.165, 1.54) is 19.3 Å². The van der Waals surface area contributed by atoms with Crippen LogP contribution in [0.4, 0.5) is 0 Å². The largest absolute Gasteiger partial charge is 0.299 e. The van der Waals surface area contributed by atoms with Crippen LogP contribution < -0.4 is 0 Å². The number of rotatable bonds is 3. The molecule has 2 unspecified atom stereocenters. The van der Waals surface area contributed by atoms with Gasteiger partial charge in [0, 0.05) is 11.8 Å². The monoisotopic (exact) mass is 182 g/mol. The lowest BCUT2D eigenvalue weighted by atomic mass is 9.76. The maximum Gasteiger partial charge on any atom is 0.138 e. The molecule has 0 aromatic rings. The van der Waals surface area contributed by atoms with Gasteiger partial charge in [0.25, 0.3) is 0 Å². The Balaban J connectivity index is 2.46. The maximum absolute atomic E-state index is 11.8. The van der Waals surface area contributed by atoms with Crippen molar-refractivity contribution in [1.29, 1.82) is 0 Å². The zero-order valence-corrected chi connectivity index (χ0v) is 9.18. The van der Waals surface area contributed by atoms with E-state index in [9.17, 15) is 4.79 Å². The molecule has 0 aromatic carbocycles. The van der Waals surface area contributed by atoms with Gasteiger partial charge in [-0.3, -0.25) is 4.79 Å². The van der Waals surface area contributed by atoms with Gasteiger partial charge in [-0.25, -0.2) is 0 Å². The Kier molecular flexibility index (Phi) is 3.95. The first-order valence-electron chi connectivity index (χ1n) is 5.68. The van der Waals surface area contributed by atoms with Crippen LogP contribution in [0.3, 0.4) is 0 Å². The zero-order chi connectivity index (χ0) is 9.84. The SMILES string of the molecule is CCC1CCCC(C(=O)C(C)C)C1. The molecule has 1 heteroatoms. The van der Waals surface area contributed by atoms with E-state index < -0.39 is 0 Å². The summed E-state index contributed by atoms with van der Waals surface area (Å²) < 4.78 is 0. The van der Waals surface area contributed by atoms with Gasteiger partial charge < -0.3 is 0 Å². The normalized spacial score (nSPS) is 29.2. The molecule has 0 aromatic heterocycles. The summed E-state index contributed by atoms with van der Waals surface area (Å²) in [4.78, 5) is 11.8. The highest BCUT2D eigenvalue weighted by molar-refractivity contribution is 5.82. The Morgan fingerprint density at radius 3 is 2.62 bits per heavy atom. The molecule has 0 radical (unpaired) electrons. The topological polar surface area (TPSA) is 17.1 Å². The van der Waals surface area contributed by atoms with Crippen molar-refractivity contribution in [2.75, 3.05) is 0 Å². The fraction of sp³-hybridized carbons (Fsp3) is 0.917. The summed E-state index contributed by atoms with van der Waals surface area (Å²) in [6.45, 7) is 6.29. The van der Waals surface area contributed by atoms with Gasteiger partial charge in [-0.1, -0.05) is 40.0 Å². The van der Waals surface area contributed by atoms with Gasteiger partial charge in [0.1, 0.15) is 5.78 Å². The standard InChI is InChI=1S/C12H22O/c1-4-10-6-5-7-11(8-10)12(13)9(2)3/h9-11H,4-8H2,1-3H3. The molecule has 0 amide bonds. The molecular formula is C12H22O. The third-order valence-electron chi connectivity index (χ3n) is 3.33. The van der Waals surface area contributed by atoms with Crippen molar-refractivity contribution in [3.8, 4) is 0 Å². The van der Waals surface area contributed by atoms with Gasteiger partial charge >= 0.3 is 0 Å². The molecule has 1 rings (SSSR count). The summed E-state index contributed by atoms with van der Waals surface area (Å²) in [7, 11) is 0. The lowest BCUT2D eigenvalue weighted by Gasteiger charge is -2.28. The fourth-order valence-electron chi connectivity index (χ4n) is 2.39. The van der Waals surface area contributed by atoms with Crippen molar-refractivity contribution in [2.45, 2.75) is 52.9 Å². The van der Waals surface area contributed by atoms with Crippen LogP contribution in [0.5, 0.6) is 0 Å². The summed E-state index contributed by atoms with van der Waals surface area (Å²) in [6.07, 6.45) is 6.17. The third-order valence-corrected chi connectivity index (χ3v) is 3.33. The summed E-state index contributed by atoms with van der Waals surface area (Å²) >= 11 is 0. The number of carbonyl (C=O) groups excluding carboxylic acids is 1. The van der Waals surface area contributed by atoms with Gasteiger partial charge in [-0.05, 0) is 18.8 Å².